The maximum atomic E-state index is 13.4. The van der Waals surface area contributed by atoms with Gasteiger partial charge in [0.05, 0.1) is 7.11 Å². The van der Waals surface area contributed by atoms with E-state index in [1.807, 2.05) is 12.1 Å². The fraction of sp³-hybridized carbons (Fsp3) is 0.571. The zero-order chi connectivity index (χ0) is 13.0. The van der Waals surface area contributed by atoms with Crippen molar-refractivity contribution >= 4 is 12.4 Å². The Labute approximate surface area is 120 Å². The molecule has 1 aromatic carbocycles. The van der Waals surface area contributed by atoms with Crippen molar-refractivity contribution in [1.29, 1.82) is 0 Å². The van der Waals surface area contributed by atoms with Crippen LogP contribution in [0.25, 0.3) is 0 Å². The lowest BCUT2D eigenvalue weighted by Gasteiger charge is -2.34. The zero-order valence-corrected chi connectivity index (χ0v) is 12.3. The first-order chi connectivity index (χ1) is 8.76. The first-order valence-corrected chi connectivity index (χ1v) is 6.54. The van der Waals surface area contributed by atoms with E-state index in [9.17, 15) is 4.39 Å². The van der Waals surface area contributed by atoms with Gasteiger partial charge in [0.1, 0.15) is 0 Å². The quantitative estimate of drug-likeness (QED) is 0.922. The number of methoxy groups -OCH3 is 1. The summed E-state index contributed by atoms with van der Waals surface area (Å²) in [4.78, 5) is 2.45. The molecule has 0 aromatic heterocycles. The van der Waals surface area contributed by atoms with Crippen LogP contribution in [0.15, 0.2) is 18.2 Å². The number of nitrogens with zero attached hydrogens (tertiary/aromatic N) is 1. The Kier molecular flexibility index (Phi) is 6.55. The van der Waals surface area contributed by atoms with Crippen molar-refractivity contribution in [3.05, 3.63) is 29.6 Å². The van der Waals surface area contributed by atoms with Crippen molar-refractivity contribution in [2.45, 2.75) is 19.4 Å². The maximum Gasteiger partial charge on any atom is 0.165 e. The molecule has 5 heteroatoms. The van der Waals surface area contributed by atoms with Gasteiger partial charge in [-0.05, 0) is 24.1 Å². The van der Waals surface area contributed by atoms with Crippen LogP contribution in [0.2, 0.25) is 0 Å². The monoisotopic (exact) mass is 288 g/mol. The molecule has 0 amide bonds. The Bertz CT molecular complexity index is 397. The second kappa shape index (κ2) is 7.68. The van der Waals surface area contributed by atoms with E-state index in [1.165, 1.54) is 13.2 Å². The predicted molar refractivity (Wildman–Crippen MR) is 77.7 cm³/mol. The molecule has 1 N–H and O–H groups in total. The third-order valence-electron chi connectivity index (χ3n) is 3.54. The number of hydrogen-bond acceptors (Lipinski definition) is 3. The molecule has 0 radical (unpaired) electrons. The Balaban J connectivity index is 0.00000180. The van der Waals surface area contributed by atoms with Crippen LogP contribution in [0.3, 0.4) is 0 Å². The van der Waals surface area contributed by atoms with Crippen LogP contribution >= 0.6 is 12.4 Å². The molecular formula is C14H22ClFN2O. The van der Waals surface area contributed by atoms with Crippen molar-refractivity contribution in [1.82, 2.24) is 10.2 Å². The fourth-order valence-electron chi connectivity index (χ4n) is 2.58. The first-order valence-electron chi connectivity index (χ1n) is 6.54. The molecule has 1 aliphatic rings. The molecule has 0 aliphatic carbocycles. The van der Waals surface area contributed by atoms with E-state index in [0.717, 1.165) is 38.2 Å². The summed E-state index contributed by atoms with van der Waals surface area (Å²) in [7, 11) is 1.51. The van der Waals surface area contributed by atoms with Gasteiger partial charge in [-0.25, -0.2) is 4.39 Å². The smallest absolute Gasteiger partial charge is 0.165 e. The number of hydrogen-bond donors (Lipinski definition) is 1. The predicted octanol–water partition coefficient (Wildman–Crippen LogP) is 2.61. The molecule has 0 bridgehead atoms. The molecule has 3 nitrogen and oxygen atoms in total. The Morgan fingerprint density at radius 2 is 2.05 bits per heavy atom. The summed E-state index contributed by atoms with van der Waals surface area (Å²) in [5.41, 5.74) is 1.14. The molecule has 2 rings (SSSR count). The van der Waals surface area contributed by atoms with Gasteiger partial charge in [0, 0.05) is 32.2 Å². The molecule has 19 heavy (non-hydrogen) atoms. The van der Waals surface area contributed by atoms with Gasteiger partial charge in [-0.2, -0.15) is 0 Å². The van der Waals surface area contributed by atoms with Crippen LogP contribution in [0.4, 0.5) is 4.39 Å². The van der Waals surface area contributed by atoms with Crippen LogP contribution < -0.4 is 10.1 Å². The van der Waals surface area contributed by atoms with Crippen molar-refractivity contribution in [3.8, 4) is 5.75 Å². The number of benzene rings is 1. The summed E-state index contributed by atoms with van der Waals surface area (Å²) in [5, 5.41) is 3.35. The maximum absolute atomic E-state index is 13.4. The number of ether oxygens (including phenoxy) is 1. The SMILES string of the molecule is CC[C@@H](c1ccc(F)c(OC)c1)N1CCNCC1.Cl. The molecular weight excluding hydrogens is 267 g/mol. The highest BCUT2D eigenvalue weighted by Gasteiger charge is 2.21. The van der Waals surface area contributed by atoms with Crippen LogP contribution in [0.5, 0.6) is 5.75 Å². The lowest BCUT2D eigenvalue weighted by Crippen LogP contribution is -2.45. The Morgan fingerprint density at radius 3 is 2.63 bits per heavy atom. The number of halogens is 2. The minimum atomic E-state index is -0.295. The van der Waals surface area contributed by atoms with Gasteiger partial charge < -0.3 is 10.1 Å². The lowest BCUT2D eigenvalue weighted by molar-refractivity contribution is 0.169. The van der Waals surface area contributed by atoms with Crippen LogP contribution in [0.1, 0.15) is 24.9 Å². The molecule has 1 atom stereocenters. The van der Waals surface area contributed by atoms with Gasteiger partial charge in [-0.3, -0.25) is 4.90 Å². The van der Waals surface area contributed by atoms with Crippen molar-refractivity contribution < 1.29 is 9.13 Å². The van der Waals surface area contributed by atoms with E-state index in [2.05, 4.69) is 17.1 Å². The van der Waals surface area contributed by atoms with E-state index in [-0.39, 0.29) is 18.2 Å². The number of piperazine rings is 1. The highest BCUT2D eigenvalue weighted by Crippen LogP contribution is 2.28. The van der Waals surface area contributed by atoms with Crippen molar-refractivity contribution in [2.75, 3.05) is 33.3 Å². The van der Waals surface area contributed by atoms with E-state index in [4.69, 9.17) is 4.74 Å². The number of nitrogens with one attached hydrogen (secondary N) is 1. The Hall–Kier alpha value is -0.840. The zero-order valence-electron chi connectivity index (χ0n) is 11.5. The summed E-state index contributed by atoms with van der Waals surface area (Å²) in [6.45, 7) is 6.29. The largest absolute Gasteiger partial charge is 0.494 e. The molecule has 1 aliphatic heterocycles. The average Bonchev–Trinajstić information content (AvgIpc) is 2.42. The highest BCUT2D eigenvalue weighted by molar-refractivity contribution is 5.85. The number of rotatable bonds is 4. The lowest BCUT2D eigenvalue weighted by atomic mass is 10.0. The molecule has 1 fully saturated rings. The van der Waals surface area contributed by atoms with E-state index >= 15 is 0 Å². The average molecular weight is 289 g/mol. The second-order valence-electron chi connectivity index (χ2n) is 4.60. The molecule has 1 aromatic rings. The molecule has 0 saturated carbocycles. The molecule has 0 unspecified atom stereocenters. The van der Waals surface area contributed by atoms with Gasteiger partial charge in [0.15, 0.2) is 11.6 Å². The highest BCUT2D eigenvalue weighted by atomic mass is 35.5. The second-order valence-corrected chi connectivity index (χ2v) is 4.60. The van der Waals surface area contributed by atoms with Crippen LogP contribution in [-0.4, -0.2) is 38.2 Å². The van der Waals surface area contributed by atoms with E-state index in [0.29, 0.717) is 11.8 Å². The normalized spacial score (nSPS) is 17.6. The minimum absolute atomic E-state index is 0. The third-order valence-corrected chi connectivity index (χ3v) is 3.54. The van der Waals surface area contributed by atoms with Gasteiger partial charge in [0.2, 0.25) is 0 Å². The van der Waals surface area contributed by atoms with Crippen molar-refractivity contribution in [2.24, 2.45) is 0 Å². The minimum Gasteiger partial charge on any atom is -0.494 e. The molecule has 108 valence electrons. The Morgan fingerprint density at radius 1 is 1.37 bits per heavy atom. The van der Waals surface area contributed by atoms with Gasteiger partial charge in [-0.15, -0.1) is 12.4 Å². The van der Waals surface area contributed by atoms with Gasteiger partial charge in [-0.1, -0.05) is 13.0 Å². The first kappa shape index (κ1) is 16.2. The van der Waals surface area contributed by atoms with E-state index in [1.54, 1.807) is 0 Å². The van der Waals surface area contributed by atoms with E-state index < -0.39 is 0 Å². The molecule has 0 spiro atoms. The topological polar surface area (TPSA) is 24.5 Å². The van der Waals surface area contributed by atoms with Gasteiger partial charge in [0.25, 0.3) is 0 Å². The summed E-state index contributed by atoms with van der Waals surface area (Å²) in [6.07, 6.45) is 1.02. The molecule has 1 heterocycles. The standard InChI is InChI=1S/C14H21FN2O.ClH/c1-3-13(17-8-6-16-7-9-17)11-4-5-12(15)14(10-11)18-2;/h4-5,10,13,16H,3,6-9H2,1-2H3;1H/t13-;/m0./s1. The summed E-state index contributed by atoms with van der Waals surface area (Å²) in [6, 6.07) is 5.54. The summed E-state index contributed by atoms with van der Waals surface area (Å²) < 4.78 is 18.5. The van der Waals surface area contributed by atoms with Crippen LogP contribution in [-0.2, 0) is 0 Å². The molecule has 1 saturated heterocycles. The van der Waals surface area contributed by atoms with Crippen LogP contribution in [0, 0.1) is 5.82 Å². The van der Waals surface area contributed by atoms with Gasteiger partial charge >= 0.3 is 0 Å². The van der Waals surface area contributed by atoms with Crippen molar-refractivity contribution in [3.63, 3.8) is 0 Å². The fourth-order valence-corrected chi connectivity index (χ4v) is 2.58. The summed E-state index contributed by atoms with van der Waals surface area (Å²) >= 11 is 0. The third kappa shape index (κ3) is 3.81. The summed E-state index contributed by atoms with van der Waals surface area (Å²) in [5.74, 6) is 0.0394.